The van der Waals surface area contributed by atoms with Crippen molar-refractivity contribution in [3.05, 3.63) is 53.6 Å². The third-order valence-corrected chi connectivity index (χ3v) is 7.64. The number of nitrogens with two attached hydrogens (primary N) is 1. The highest BCUT2D eigenvalue weighted by atomic mass is 19.1. The second-order valence-corrected chi connectivity index (χ2v) is 10.5. The highest BCUT2D eigenvalue weighted by Crippen LogP contribution is 2.31. The van der Waals surface area contributed by atoms with Crippen LogP contribution in [0.2, 0.25) is 0 Å². The minimum atomic E-state index is -0.726. The van der Waals surface area contributed by atoms with Gasteiger partial charge in [0.2, 0.25) is 5.95 Å². The SMILES string of the molecule is CCN1CCN(Cc2cnc(Nc3ncc(F)c(-c4cc(F)c5nc(C)n([C@H](C)CC(=O)OC)c5c4)n3)cc2N)CC1. The molecule has 3 aromatic heterocycles. The summed E-state index contributed by atoms with van der Waals surface area (Å²) in [7, 11) is 1.31. The number of carbonyl (C=O) groups is 1. The number of rotatable bonds is 9. The average molecular weight is 580 g/mol. The number of hydrogen-bond donors (Lipinski definition) is 2. The van der Waals surface area contributed by atoms with Crippen LogP contribution in [0.1, 0.15) is 37.7 Å². The van der Waals surface area contributed by atoms with Crippen LogP contribution in [0, 0.1) is 18.6 Å². The second kappa shape index (κ2) is 12.3. The Labute approximate surface area is 242 Å². The number of halogens is 2. The van der Waals surface area contributed by atoms with E-state index in [0.29, 0.717) is 29.4 Å². The van der Waals surface area contributed by atoms with Gasteiger partial charge in [0.1, 0.15) is 22.9 Å². The highest BCUT2D eigenvalue weighted by molar-refractivity contribution is 5.83. The molecule has 0 spiro atoms. The molecule has 1 aliphatic heterocycles. The van der Waals surface area contributed by atoms with Crippen LogP contribution in [0.4, 0.5) is 26.2 Å². The van der Waals surface area contributed by atoms with Crippen molar-refractivity contribution in [2.24, 2.45) is 0 Å². The molecule has 0 bridgehead atoms. The van der Waals surface area contributed by atoms with Crippen molar-refractivity contribution in [2.75, 3.05) is 50.9 Å². The molecule has 1 fully saturated rings. The van der Waals surface area contributed by atoms with Gasteiger partial charge in [0, 0.05) is 67.8 Å². The molecule has 222 valence electrons. The lowest BCUT2D eigenvalue weighted by molar-refractivity contribution is -0.141. The maximum Gasteiger partial charge on any atom is 0.307 e. The first-order chi connectivity index (χ1) is 20.2. The van der Waals surface area contributed by atoms with Crippen LogP contribution in [0.3, 0.4) is 0 Å². The Hall–Kier alpha value is -4.23. The van der Waals surface area contributed by atoms with Crippen LogP contribution in [-0.2, 0) is 16.1 Å². The van der Waals surface area contributed by atoms with E-state index in [0.717, 1.165) is 44.5 Å². The number of nitrogens with one attached hydrogen (secondary N) is 1. The largest absolute Gasteiger partial charge is 0.469 e. The monoisotopic (exact) mass is 579 g/mol. The fourth-order valence-electron chi connectivity index (χ4n) is 5.33. The number of esters is 1. The summed E-state index contributed by atoms with van der Waals surface area (Å²) in [6.07, 6.45) is 2.80. The van der Waals surface area contributed by atoms with Gasteiger partial charge in [0.25, 0.3) is 0 Å². The van der Waals surface area contributed by atoms with Gasteiger partial charge >= 0.3 is 5.97 Å². The maximum absolute atomic E-state index is 15.2. The van der Waals surface area contributed by atoms with Gasteiger partial charge in [0.05, 0.1) is 25.2 Å². The van der Waals surface area contributed by atoms with Crippen molar-refractivity contribution >= 4 is 34.5 Å². The molecule has 42 heavy (non-hydrogen) atoms. The van der Waals surface area contributed by atoms with Crippen molar-refractivity contribution in [3.63, 3.8) is 0 Å². The molecule has 4 aromatic rings. The van der Waals surface area contributed by atoms with Crippen molar-refractivity contribution < 1.29 is 18.3 Å². The van der Waals surface area contributed by atoms with E-state index in [4.69, 9.17) is 10.5 Å². The van der Waals surface area contributed by atoms with Crippen molar-refractivity contribution in [2.45, 2.75) is 39.8 Å². The van der Waals surface area contributed by atoms with Gasteiger partial charge in [-0.1, -0.05) is 6.92 Å². The summed E-state index contributed by atoms with van der Waals surface area (Å²) >= 11 is 0. The maximum atomic E-state index is 15.2. The van der Waals surface area contributed by atoms with E-state index in [9.17, 15) is 9.18 Å². The van der Waals surface area contributed by atoms with Crippen molar-refractivity contribution in [1.29, 1.82) is 0 Å². The number of ether oxygens (including phenoxy) is 1. The molecule has 0 radical (unpaired) electrons. The lowest BCUT2D eigenvalue weighted by atomic mass is 10.1. The van der Waals surface area contributed by atoms with E-state index >= 15 is 4.39 Å². The Balaban J connectivity index is 1.38. The zero-order valence-electron chi connectivity index (χ0n) is 24.2. The van der Waals surface area contributed by atoms with Crippen molar-refractivity contribution in [1.82, 2.24) is 34.3 Å². The molecule has 0 saturated carbocycles. The van der Waals surface area contributed by atoms with Crippen LogP contribution in [0.15, 0.2) is 30.6 Å². The highest BCUT2D eigenvalue weighted by Gasteiger charge is 2.22. The first-order valence-electron chi connectivity index (χ1n) is 13.9. The summed E-state index contributed by atoms with van der Waals surface area (Å²) in [5.41, 5.74) is 8.46. The third kappa shape index (κ3) is 6.16. The van der Waals surface area contributed by atoms with E-state index in [2.05, 4.69) is 42.0 Å². The van der Waals surface area contributed by atoms with Gasteiger partial charge < -0.3 is 25.3 Å². The number of pyridine rings is 1. The van der Waals surface area contributed by atoms with Crippen LogP contribution in [0.5, 0.6) is 0 Å². The van der Waals surface area contributed by atoms with E-state index in [1.54, 1.807) is 36.7 Å². The first-order valence-corrected chi connectivity index (χ1v) is 13.9. The zero-order valence-corrected chi connectivity index (χ0v) is 24.2. The van der Waals surface area contributed by atoms with E-state index in [1.165, 1.54) is 13.2 Å². The number of benzene rings is 1. The Kier molecular flexibility index (Phi) is 8.59. The number of methoxy groups -OCH3 is 1. The molecule has 11 nitrogen and oxygen atoms in total. The third-order valence-electron chi connectivity index (χ3n) is 7.64. The number of carbonyl (C=O) groups excluding carboxylic acids is 1. The molecule has 1 aliphatic rings. The Morgan fingerprint density at radius 1 is 1.07 bits per heavy atom. The van der Waals surface area contributed by atoms with Crippen LogP contribution in [-0.4, -0.2) is 80.1 Å². The number of anilines is 3. The normalized spacial score (nSPS) is 15.2. The molecule has 1 atom stereocenters. The van der Waals surface area contributed by atoms with Gasteiger partial charge in [0.15, 0.2) is 11.6 Å². The Morgan fingerprint density at radius 3 is 2.50 bits per heavy atom. The lowest BCUT2D eigenvalue weighted by Gasteiger charge is -2.34. The van der Waals surface area contributed by atoms with E-state index < -0.39 is 17.6 Å². The minimum Gasteiger partial charge on any atom is -0.469 e. The molecule has 13 heteroatoms. The summed E-state index contributed by atoms with van der Waals surface area (Å²) < 4.78 is 36.7. The minimum absolute atomic E-state index is 0.0645. The number of hydrogen-bond acceptors (Lipinski definition) is 10. The van der Waals surface area contributed by atoms with Gasteiger partial charge in [-0.05, 0) is 32.5 Å². The number of nitrogen functional groups attached to an aromatic ring is 1. The molecule has 3 N–H and O–H groups in total. The number of nitrogens with zero attached hydrogens (tertiary/aromatic N) is 7. The number of likely N-dealkylation sites (N-methyl/N-ethyl adjacent to an activating group) is 1. The molecule has 5 rings (SSSR count). The fraction of sp³-hybridized carbons (Fsp3) is 0.414. The number of aromatic nitrogens is 5. The van der Waals surface area contributed by atoms with Crippen LogP contribution in [0.25, 0.3) is 22.3 Å². The smallest absolute Gasteiger partial charge is 0.307 e. The summed E-state index contributed by atoms with van der Waals surface area (Å²) in [4.78, 5) is 33.8. The topological polar surface area (TPSA) is 127 Å². The van der Waals surface area contributed by atoms with E-state index in [-0.39, 0.29) is 35.2 Å². The van der Waals surface area contributed by atoms with Crippen LogP contribution >= 0.6 is 0 Å². The van der Waals surface area contributed by atoms with Gasteiger partial charge in [-0.2, -0.15) is 0 Å². The molecule has 0 amide bonds. The number of imidazole rings is 1. The summed E-state index contributed by atoms with van der Waals surface area (Å²) in [5.74, 6) is -0.783. The fourth-order valence-corrected chi connectivity index (χ4v) is 5.33. The molecule has 4 heterocycles. The first kappa shape index (κ1) is 29.3. The quantitative estimate of drug-likeness (QED) is 0.280. The predicted molar refractivity (Wildman–Crippen MR) is 156 cm³/mol. The second-order valence-electron chi connectivity index (χ2n) is 10.5. The summed E-state index contributed by atoms with van der Waals surface area (Å²) in [5, 5.41) is 2.98. The molecular formula is C29H35F2N9O2. The summed E-state index contributed by atoms with van der Waals surface area (Å²) in [6, 6.07) is 4.11. The molecule has 1 saturated heterocycles. The molecule has 0 aliphatic carbocycles. The molecule has 1 aromatic carbocycles. The van der Waals surface area contributed by atoms with Gasteiger partial charge in [-0.3, -0.25) is 9.69 Å². The van der Waals surface area contributed by atoms with Gasteiger partial charge in [-0.25, -0.2) is 28.7 Å². The van der Waals surface area contributed by atoms with Crippen molar-refractivity contribution in [3.8, 4) is 11.3 Å². The molecule has 0 unspecified atom stereocenters. The zero-order chi connectivity index (χ0) is 30.0. The standard InChI is InChI=1S/C29H35F2N9O2/c1-5-38-6-8-39(9-7-38)16-20-14-33-25(13-23(20)32)36-29-34-15-22(31)27(37-29)19-11-21(30)28-24(12-19)40(18(3)35-28)17(2)10-26(41)42-4/h11-15,17H,5-10,16H2,1-4H3,(H3,32,33,34,36,37)/t17-/m1/s1. The number of aryl methyl sites for hydroxylation is 1. The van der Waals surface area contributed by atoms with Gasteiger partial charge in [-0.15, -0.1) is 0 Å². The predicted octanol–water partition coefficient (Wildman–Crippen LogP) is 4.06. The molecular weight excluding hydrogens is 544 g/mol. The Bertz CT molecular complexity index is 1600. The average Bonchev–Trinajstić information content (AvgIpc) is 3.32. The number of piperazine rings is 1. The number of fused-ring (bicyclic) bond motifs is 1. The van der Waals surface area contributed by atoms with Crippen LogP contribution < -0.4 is 11.1 Å². The Morgan fingerprint density at radius 2 is 1.81 bits per heavy atom. The lowest BCUT2D eigenvalue weighted by Crippen LogP contribution is -2.45. The van der Waals surface area contributed by atoms with E-state index in [1.807, 2.05) is 0 Å². The summed E-state index contributed by atoms with van der Waals surface area (Å²) in [6.45, 7) is 11.4.